The van der Waals surface area contributed by atoms with E-state index in [1.807, 2.05) is 55.5 Å². The molecule has 0 radical (unpaired) electrons. The van der Waals surface area contributed by atoms with Crippen molar-refractivity contribution in [3.63, 3.8) is 0 Å². The van der Waals surface area contributed by atoms with Gasteiger partial charge >= 0.3 is 0 Å². The normalized spacial score (nSPS) is 11.3. The monoisotopic (exact) mass is 336 g/mol. The molecule has 5 heteroatoms. The lowest BCUT2D eigenvalue weighted by Gasteiger charge is -2.09. The summed E-state index contributed by atoms with van der Waals surface area (Å²) >= 11 is 1.51. The van der Waals surface area contributed by atoms with Crippen LogP contribution in [0.1, 0.15) is 17.5 Å². The molecule has 3 aromatic rings. The van der Waals surface area contributed by atoms with Gasteiger partial charge in [-0.15, -0.1) is 11.3 Å². The molecule has 24 heavy (non-hydrogen) atoms. The molecule has 0 aliphatic heterocycles. The third kappa shape index (κ3) is 3.24. The van der Waals surface area contributed by atoms with Crippen molar-refractivity contribution in [2.24, 2.45) is 0 Å². The number of ether oxygens (including phenoxy) is 2. The number of methoxy groups -OCH3 is 1. The Balaban J connectivity index is 2.01. The van der Waals surface area contributed by atoms with E-state index < -0.39 is 0 Å². The number of thiazole rings is 1. The molecular weight excluding hydrogens is 320 g/mol. The van der Waals surface area contributed by atoms with E-state index in [1.54, 1.807) is 7.11 Å². The second-order valence-corrected chi connectivity index (χ2v) is 6.03. The smallest absolute Gasteiger partial charge is 0.161 e. The van der Waals surface area contributed by atoms with E-state index in [-0.39, 0.29) is 0 Å². The second-order valence-electron chi connectivity index (χ2n) is 5.00. The summed E-state index contributed by atoms with van der Waals surface area (Å²) in [5.41, 5.74) is 2.31. The van der Waals surface area contributed by atoms with E-state index >= 15 is 0 Å². The summed E-state index contributed by atoms with van der Waals surface area (Å²) in [6, 6.07) is 15.7. The number of rotatable bonds is 5. The number of fused-ring (bicyclic) bond motifs is 1. The Bertz CT molecular complexity index is 905. The van der Waals surface area contributed by atoms with Gasteiger partial charge in [-0.3, -0.25) is 0 Å². The van der Waals surface area contributed by atoms with Gasteiger partial charge in [0.05, 0.1) is 29.5 Å². The van der Waals surface area contributed by atoms with Gasteiger partial charge in [-0.2, -0.15) is 5.26 Å². The molecule has 0 amide bonds. The van der Waals surface area contributed by atoms with Crippen molar-refractivity contribution in [1.82, 2.24) is 4.98 Å². The fourth-order valence-corrected chi connectivity index (χ4v) is 3.28. The zero-order valence-electron chi connectivity index (χ0n) is 13.4. The maximum absolute atomic E-state index is 9.53. The molecule has 120 valence electrons. The molecule has 0 unspecified atom stereocenters. The predicted octanol–water partition coefficient (Wildman–Crippen LogP) is 4.77. The van der Waals surface area contributed by atoms with Crippen molar-refractivity contribution in [2.75, 3.05) is 13.7 Å². The number of hydrogen-bond donors (Lipinski definition) is 0. The first-order chi connectivity index (χ1) is 11.7. The third-order valence-corrected chi connectivity index (χ3v) is 4.51. The molecular formula is C19H16N2O2S. The van der Waals surface area contributed by atoms with Crippen molar-refractivity contribution in [1.29, 1.82) is 5.26 Å². The molecule has 1 aromatic heterocycles. The van der Waals surface area contributed by atoms with Gasteiger partial charge in [-0.1, -0.05) is 18.2 Å². The molecule has 1 heterocycles. The highest BCUT2D eigenvalue weighted by Crippen LogP contribution is 2.31. The zero-order valence-corrected chi connectivity index (χ0v) is 14.3. The minimum Gasteiger partial charge on any atom is -0.493 e. The van der Waals surface area contributed by atoms with Crippen molar-refractivity contribution in [3.8, 4) is 17.6 Å². The first-order valence-corrected chi connectivity index (χ1v) is 8.35. The van der Waals surface area contributed by atoms with Gasteiger partial charge in [0.15, 0.2) is 11.5 Å². The first kappa shape index (κ1) is 16.0. The summed E-state index contributed by atoms with van der Waals surface area (Å²) in [6.45, 7) is 2.47. The molecule has 0 fully saturated rings. The number of nitriles is 1. The minimum atomic E-state index is 0.531. The lowest BCUT2D eigenvalue weighted by atomic mass is 10.1. The number of nitrogens with zero attached hydrogens (tertiary/aromatic N) is 2. The van der Waals surface area contributed by atoms with Gasteiger partial charge < -0.3 is 9.47 Å². The summed E-state index contributed by atoms with van der Waals surface area (Å²) in [4.78, 5) is 4.54. The fourth-order valence-electron chi connectivity index (χ4n) is 2.35. The third-order valence-electron chi connectivity index (χ3n) is 3.44. The van der Waals surface area contributed by atoms with Gasteiger partial charge in [-0.25, -0.2) is 4.98 Å². The molecule has 0 N–H and O–H groups in total. The summed E-state index contributed by atoms with van der Waals surface area (Å²) < 4.78 is 11.9. The van der Waals surface area contributed by atoms with Crippen LogP contribution in [-0.4, -0.2) is 18.7 Å². The molecule has 4 nitrogen and oxygen atoms in total. The lowest BCUT2D eigenvalue weighted by Crippen LogP contribution is -1.95. The highest BCUT2D eigenvalue weighted by molar-refractivity contribution is 7.19. The number of allylic oxidation sites excluding steroid dienone is 1. The SMILES string of the molecule is CCOc1cc(/C=C(\C#N)c2nc3ccccc3s2)ccc1OC. The molecule has 2 aromatic carbocycles. The van der Waals surface area contributed by atoms with E-state index in [1.165, 1.54) is 11.3 Å². The molecule has 0 aliphatic carbocycles. The van der Waals surface area contributed by atoms with E-state index in [4.69, 9.17) is 9.47 Å². The minimum absolute atomic E-state index is 0.531. The predicted molar refractivity (Wildman–Crippen MR) is 97.3 cm³/mol. The van der Waals surface area contributed by atoms with Crippen molar-refractivity contribution >= 4 is 33.2 Å². The number of aromatic nitrogens is 1. The summed E-state index contributed by atoms with van der Waals surface area (Å²) in [7, 11) is 1.61. The van der Waals surface area contributed by atoms with Crippen LogP contribution in [0.3, 0.4) is 0 Å². The van der Waals surface area contributed by atoms with Crippen LogP contribution in [0, 0.1) is 11.3 Å². The molecule has 0 spiro atoms. The zero-order chi connectivity index (χ0) is 16.9. The average molecular weight is 336 g/mol. The number of para-hydroxylation sites is 1. The average Bonchev–Trinajstić information content (AvgIpc) is 3.04. The Kier molecular flexibility index (Phi) is 4.78. The van der Waals surface area contributed by atoms with Crippen molar-refractivity contribution in [2.45, 2.75) is 6.92 Å². The molecule has 0 saturated carbocycles. The molecule has 0 saturated heterocycles. The quantitative estimate of drug-likeness (QED) is 0.630. The fraction of sp³-hybridized carbons (Fsp3) is 0.158. The van der Waals surface area contributed by atoms with Gasteiger partial charge in [0.2, 0.25) is 0 Å². The second kappa shape index (κ2) is 7.16. The Hall–Kier alpha value is -2.84. The Morgan fingerprint density at radius 2 is 2.08 bits per heavy atom. The van der Waals surface area contributed by atoms with E-state index in [9.17, 15) is 5.26 Å². The largest absolute Gasteiger partial charge is 0.493 e. The molecule has 0 bridgehead atoms. The maximum atomic E-state index is 9.53. The van der Waals surface area contributed by atoms with Crippen LogP contribution in [0.5, 0.6) is 11.5 Å². The number of hydrogen-bond acceptors (Lipinski definition) is 5. The van der Waals surface area contributed by atoms with Crippen LogP contribution >= 0.6 is 11.3 Å². The lowest BCUT2D eigenvalue weighted by molar-refractivity contribution is 0.311. The Labute approximate surface area is 144 Å². The molecule has 0 atom stereocenters. The molecule has 0 aliphatic rings. The van der Waals surface area contributed by atoms with Crippen LogP contribution in [-0.2, 0) is 0 Å². The van der Waals surface area contributed by atoms with Crippen LogP contribution in [0.2, 0.25) is 0 Å². The van der Waals surface area contributed by atoms with E-state index in [2.05, 4.69) is 11.1 Å². The van der Waals surface area contributed by atoms with Gasteiger partial charge in [-0.05, 0) is 42.8 Å². The Morgan fingerprint density at radius 3 is 2.79 bits per heavy atom. The van der Waals surface area contributed by atoms with Gasteiger partial charge in [0.1, 0.15) is 11.1 Å². The highest BCUT2D eigenvalue weighted by atomic mass is 32.1. The van der Waals surface area contributed by atoms with Crippen LogP contribution in [0.25, 0.3) is 21.9 Å². The Morgan fingerprint density at radius 1 is 1.25 bits per heavy atom. The standard InChI is InChI=1S/C19H16N2O2S/c1-3-23-17-11-13(8-9-16(17)22-2)10-14(12-20)19-21-15-6-4-5-7-18(15)24-19/h4-11H,3H2,1-2H3/b14-10+. The van der Waals surface area contributed by atoms with Crippen LogP contribution in [0.4, 0.5) is 0 Å². The highest BCUT2D eigenvalue weighted by Gasteiger charge is 2.10. The van der Waals surface area contributed by atoms with Gasteiger partial charge in [0, 0.05) is 0 Å². The summed E-state index contributed by atoms with van der Waals surface area (Å²) in [6.07, 6.45) is 1.82. The number of benzene rings is 2. The van der Waals surface area contributed by atoms with E-state index in [0.717, 1.165) is 15.8 Å². The van der Waals surface area contributed by atoms with Crippen LogP contribution in [0.15, 0.2) is 42.5 Å². The van der Waals surface area contributed by atoms with E-state index in [0.29, 0.717) is 28.7 Å². The summed E-state index contributed by atoms with van der Waals surface area (Å²) in [5, 5.41) is 10.2. The topological polar surface area (TPSA) is 55.1 Å². The summed E-state index contributed by atoms with van der Waals surface area (Å²) in [5.74, 6) is 1.34. The van der Waals surface area contributed by atoms with Crippen molar-refractivity contribution in [3.05, 3.63) is 53.0 Å². The first-order valence-electron chi connectivity index (χ1n) is 7.53. The van der Waals surface area contributed by atoms with Crippen molar-refractivity contribution < 1.29 is 9.47 Å². The van der Waals surface area contributed by atoms with Crippen LogP contribution < -0.4 is 9.47 Å². The molecule has 3 rings (SSSR count). The van der Waals surface area contributed by atoms with Gasteiger partial charge in [0.25, 0.3) is 0 Å². The maximum Gasteiger partial charge on any atom is 0.161 e.